The molecule has 2 rings (SSSR count). The monoisotopic (exact) mass is 191 g/mol. The zero-order valence-electron chi connectivity index (χ0n) is 8.17. The minimum Gasteiger partial charge on any atom is -0.329 e. The average molecular weight is 191 g/mol. The van der Waals surface area contributed by atoms with E-state index in [2.05, 4.69) is 4.98 Å². The summed E-state index contributed by atoms with van der Waals surface area (Å²) in [6.07, 6.45) is 3.99. The van der Waals surface area contributed by atoms with Crippen LogP contribution in [-0.2, 0) is 4.79 Å². The van der Waals surface area contributed by atoms with Crippen molar-refractivity contribution >= 4 is 5.78 Å². The maximum Gasteiger partial charge on any atom is 0.248 e. The number of pyridine rings is 1. The number of aryl methyl sites for hydroxylation is 1. The fourth-order valence-corrected chi connectivity index (χ4v) is 2.10. The lowest BCUT2D eigenvalue weighted by Crippen LogP contribution is -2.08. The smallest absolute Gasteiger partial charge is 0.248 e. The highest BCUT2D eigenvalue weighted by Crippen LogP contribution is 2.32. The van der Waals surface area contributed by atoms with Gasteiger partial charge in [0, 0.05) is 25.1 Å². The van der Waals surface area contributed by atoms with E-state index in [9.17, 15) is 9.59 Å². The van der Waals surface area contributed by atoms with Crippen LogP contribution in [0.2, 0.25) is 0 Å². The highest BCUT2D eigenvalue weighted by atomic mass is 16.1. The van der Waals surface area contributed by atoms with E-state index in [1.807, 2.05) is 6.92 Å². The fourth-order valence-electron chi connectivity index (χ4n) is 2.10. The van der Waals surface area contributed by atoms with Crippen LogP contribution in [0.5, 0.6) is 0 Å². The molecule has 1 aromatic rings. The van der Waals surface area contributed by atoms with Crippen molar-refractivity contribution in [3.05, 3.63) is 33.7 Å². The highest BCUT2D eigenvalue weighted by Gasteiger charge is 2.24. The molecule has 0 radical (unpaired) electrons. The molecule has 0 aliphatic heterocycles. The Balaban J connectivity index is 2.32. The standard InChI is InChI=1S/C11H13NO2/c1-7-4-11(14)12-6-10(7)8-2-3-9(13)5-8/h4,6,8H,2-3,5H2,1H3,(H,12,14). The molecule has 1 saturated carbocycles. The molecule has 1 aromatic heterocycles. The Morgan fingerprint density at radius 3 is 2.79 bits per heavy atom. The Hall–Kier alpha value is -1.38. The highest BCUT2D eigenvalue weighted by molar-refractivity contribution is 5.81. The van der Waals surface area contributed by atoms with E-state index in [0.717, 1.165) is 17.5 Å². The number of aromatic amines is 1. The van der Waals surface area contributed by atoms with Gasteiger partial charge in [-0.25, -0.2) is 0 Å². The van der Waals surface area contributed by atoms with Crippen LogP contribution in [0.1, 0.15) is 36.3 Å². The van der Waals surface area contributed by atoms with Gasteiger partial charge in [0.2, 0.25) is 5.56 Å². The first-order valence-electron chi connectivity index (χ1n) is 4.88. The van der Waals surface area contributed by atoms with E-state index in [1.54, 1.807) is 12.3 Å². The largest absolute Gasteiger partial charge is 0.329 e. The van der Waals surface area contributed by atoms with Crippen LogP contribution >= 0.6 is 0 Å². The van der Waals surface area contributed by atoms with Gasteiger partial charge in [0.05, 0.1) is 0 Å². The first-order chi connectivity index (χ1) is 6.66. The molecular weight excluding hydrogens is 178 g/mol. The van der Waals surface area contributed by atoms with E-state index in [0.29, 0.717) is 24.5 Å². The van der Waals surface area contributed by atoms with Crippen LogP contribution in [0, 0.1) is 6.92 Å². The van der Waals surface area contributed by atoms with Crippen molar-refractivity contribution in [2.24, 2.45) is 0 Å². The average Bonchev–Trinajstić information content (AvgIpc) is 2.51. The molecule has 1 atom stereocenters. The van der Waals surface area contributed by atoms with Gasteiger partial charge < -0.3 is 4.98 Å². The van der Waals surface area contributed by atoms with Gasteiger partial charge in [0.25, 0.3) is 0 Å². The molecular formula is C11H13NO2. The topological polar surface area (TPSA) is 49.9 Å². The second-order valence-corrected chi connectivity index (χ2v) is 3.91. The number of hydrogen-bond donors (Lipinski definition) is 1. The Kier molecular flexibility index (Phi) is 2.23. The Morgan fingerprint density at radius 1 is 1.43 bits per heavy atom. The van der Waals surface area contributed by atoms with Crippen molar-refractivity contribution < 1.29 is 4.79 Å². The first-order valence-corrected chi connectivity index (χ1v) is 4.88. The van der Waals surface area contributed by atoms with Crippen molar-refractivity contribution in [1.82, 2.24) is 4.98 Å². The maximum absolute atomic E-state index is 11.1. The van der Waals surface area contributed by atoms with Gasteiger partial charge in [-0.3, -0.25) is 9.59 Å². The summed E-state index contributed by atoms with van der Waals surface area (Å²) >= 11 is 0. The molecule has 1 unspecified atom stereocenters. The summed E-state index contributed by atoms with van der Waals surface area (Å²) < 4.78 is 0. The summed E-state index contributed by atoms with van der Waals surface area (Å²) in [5.74, 6) is 0.653. The lowest BCUT2D eigenvalue weighted by atomic mass is 9.95. The number of carbonyl (C=O) groups excluding carboxylic acids is 1. The SMILES string of the molecule is Cc1cc(=O)[nH]cc1C1CCC(=O)C1. The quantitative estimate of drug-likeness (QED) is 0.731. The number of aromatic nitrogens is 1. The van der Waals surface area contributed by atoms with Gasteiger partial charge >= 0.3 is 0 Å². The molecule has 1 fully saturated rings. The molecule has 1 N–H and O–H groups in total. The Labute approximate surface area is 82.2 Å². The second-order valence-electron chi connectivity index (χ2n) is 3.91. The maximum atomic E-state index is 11.1. The number of rotatable bonds is 1. The number of ketones is 1. The lowest BCUT2D eigenvalue weighted by molar-refractivity contribution is -0.117. The predicted molar refractivity (Wildman–Crippen MR) is 53.4 cm³/mol. The molecule has 1 aliphatic carbocycles. The minimum atomic E-state index is -0.0735. The minimum absolute atomic E-state index is 0.0735. The van der Waals surface area contributed by atoms with Crippen molar-refractivity contribution in [2.45, 2.75) is 32.1 Å². The zero-order chi connectivity index (χ0) is 10.1. The van der Waals surface area contributed by atoms with Crippen LogP contribution in [0.4, 0.5) is 0 Å². The van der Waals surface area contributed by atoms with Gasteiger partial charge in [-0.15, -0.1) is 0 Å². The summed E-state index contributed by atoms with van der Waals surface area (Å²) in [5, 5.41) is 0. The van der Waals surface area contributed by atoms with Gasteiger partial charge in [-0.05, 0) is 30.4 Å². The van der Waals surface area contributed by atoms with Crippen LogP contribution in [0.3, 0.4) is 0 Å². The van der Waals surface area contributed by atoms with Crippen molar-refractivity contribution in [1.29, 1.82) is 0 Å². The van der Waals surface area contributed by atoms with E-state index >= 15 is 0 Å². The number of nitrogens with one attached hydrogen (secondary N) is 1. The molecule has 0 amide bonds. The van der Waals surface area contributed by atoms with E-state index in [1.165, 1.54) is 0 Å². The first kappa shape index (κ1) is 9.19. The fraction of sp³-hybridized carbons (Fsp3) is 0.455. The van der Waals surface area contributed by atoms with Gasteiger partial charge in [-0.1, -0.05) is 0 Å². The van der Waals surface area contributed by atoms with Gasteiger partial charge in [0.15, 0.2) is 0 Å². The number of Topliss-reactive ketones (excluding diaryl/α,β-unsaturated/α-hetero) is 1. The van der Waals surface area contributed by atoms with E-state index in [4.69, 9.17) is 0 Å². The summed E-state index contributed by atoms with van der Waals surface area (Å²) in [6, 6.07) is 1.60. The van der Waals surface area contributed by atoms with E-state index in [-0.39, 0.29) is 5.56 Å². The molecule has 3 heteroatoms. The van der Waals surface area contributed by atoms with Gasteiger partial charge in [0.1, 0.15) is 5.78 Å². The lowest BCUT2D eigenvalue weighted by Gasteiger charge is -2.10. The zero-order valence-corrected chi connectivity index (χ0v) is 8.17. The van der Waals surface area contributed by atoms with E-state index < -0.39 is 0 Å². The molecule has 1 heterocycles. The summed E-state index contributed by atoms with van der Waals surface area (Å²) in [6.45, 7) is 1.92. The van der Waals surface area contributed by atoms with Crippen molar-refractivity contribution in [3.63, 3.8) is 0 Å². The van der Waals surface area contributed by atoms with Crippen molar-refractivity contribution in [3.8, 4) is 0 Å². The van der Waals surface area contributed by atoms with Crippen LogP contribution in [0.15, 0.2) is 17.1 Å². The molecule has 3 nitrogen and oxygen atoms in total. The Morgan fingerprint density at radius 2 is 2.21 bits per heavy atom. The third-order valence-electron chi connectivity index (χ3n) is 2.86. The molecule has 0 saturated heterocycles. The summed E-state index contributed by atoms with van der Waals surface area (Å²) in [7, 11) is 0. The van der Waals surface area contributed by atoms with Crippen LogP contribution in [-0.4, -0.2) is 10.8 Å². The summed E-state index contributed by atoms with van der Waals surface area (Å²) in [5.41, 5.74) is 2.04. The molecule has 14 heavy (non-hydrogen) atoms. The molecule has 0 spiro atoms. The molecule has 1 aliphatic rings. The van der Waals surface area contributed by atoms with Gasteiger partial charge in [-0.2, -0.15) is 0 Å². The third-order valence-corrected chi connectivity index (χ3v) is 2.86. The predicted octanol–water partition coefficient (Wildman–Crippen LogP) is 1.52. The number of hydrogen-bond acceptors (Lipinski definition) is 2. The Bertz CT molecular complexity index is 420. The van der Waals surface area contributed by atoms with Crippen molar-refractivity contribution in [2.75, 3.05) is 0 Å². The molecule has 74 valence electrons. The second kappa shape index (κ2) is 3.40. The molecule has 0 aromatic carbocycles. The molecule has 0 bridgehead atoms. The number of carbonyl (C=O) groups is 1. The van der Waals surface area contributed by atoms with Crippen LogP contribution < -0.4 is 5.56 Å². The number of H-pyrrole nitrogens is 1. The third kappa shape index (κ3) is 1.62. The van der Waals surface area contributed by atoms with Crippen LogP contribution in [0.25, 0.3) is 0 Å². The normalized spacial score (nSPS) is 21.5. The summed E-state index contributed by atoms with van der Waals surface area (Å²) in [4.78, 5) is 24.8.